The average Bonchev–Trinajstić information content (AvgIpc) is 2.82. The molecule has 0 saturated heterocycles. The molecule has 0 aliphatic rings. The van der Waals surface area contributed by atoms with Crippen LogP contribution >= 0.6 is 0 Å². The van der Waals surface area contributed by atoms with Crippen LogP contribution in [0.5, 0.6) is 5.75 Å². The van der Waals surface area contributed by atoms with Crippen LogP contribution in [-0.2, 0) is 22.6 Å². The van der Waals surface area contributed by atoms with Gasteiger partial charge in [0.2, 0.25) is 5.91 Å². The van der Waals surface area contributed by atoms with E-state index in [1.807, 2.05) is 19.1 Å². The van der Waals surface area contributed by atoms with Crippen molar-refractivity contribution in [1.29, 1.82) is 0 Å². The maximum absolute atomic E-state index is 12.3. The lowest BCUT2D eigenvalue weighted by atomic mass is 10.1. The molecule has 0 aliphatic heterocycles. The highest BCUT2D eigenvalue weighted by Gasteiger charge is 2.20. The summed E-state index contributed by atoms with van der Waals surface area (Å²) in [6.45, 7) is 4.15. The van der Waals surface area contributed by atoms with Crippen LogP contribution in [0.25, 0.3) is 0 Å². The van der Waals surface area contributed by atoms with Crippen molar-refractivity contribution in [3.05, 3.63) is 65.2 Å². The molecule has 1 unspecified atom stereocenters. The third kappa shape index (κ3) is 8.03. The number of carbonyl (C=O) groups is 3. The normalized spacial score (nSPS) is 11.3. The quantitative estimate of drug-likeness (QED) is 0.399. The van der Waals surface area contributed by atoms with Gasteiger partial charge in [-0.3, -0.25) is 14.4 Å². The van der Waals surface area contributed by atoms with E-state index < -0.39 is 11.9 Å². The minimum atomic E-state index is -0.800. The minimum Gasteiger partial charge on any atom is -0.484 e. The summed E-state index contributed by atoms with van der Waals surface area (Å²) in [6.07, 6.45) is 1.13. The molecule has 0 radical (unpaired) electrons. The van der Waals surface area contributed by atoms with Gasteiger partial charge in [-0.15, -0.1) is 0 Å². The molecule has 8 nitrogen and oxygen atoms in total. The number of aliphatic hydroxyl groups excluding tert-OH is 1. The number of ether oxygens (including phenoxy) is 1. The lowest BCUT2D eigenvalue weighted by Crippen LogP contribution is -2.49. The lowest BCUT2D eigenvalue weighted by Gasteiger charge is -2.18. The van der Waals surface area contributed by atoms with Crippen molar-refractivity contribution in [2.45, 2.75) is 39.3 Å². The molecule has 0 aliphatic carbocycles. The Morgan fingerprint density at radius 1 is 0.938 bits per heavy atom. The fraction of sp³-hybridized carbons (Fsp3) is 0.375. The standard InChI is InChI=1S/C24H31N3O5/c1-3-17-5-9-19(10-6-17)23(30)26-14-13-21(24(31)25-4-2)27-22(29)16-32-20-11-7-18(15-28)8-12-20/h5-12,21,28H,3-4,13-16H2,1-2H3,(H,25,31)(H,26,30)(H,27,29). The number of aliphatic hydroxyl groups is 1. The molecule has 2 aromatic carbocycles. The molecule has 0 spiro atoms. The van der Waals surface area contributed by atoms with E-state index >= 15 is 0 Å². The maximum atomic E-state index is 12.3. The van der Waals surface area contributed by atoms with Crippen molar-refractivity contribution in [1.82, 2.24) is 16.0 Å². The maximum Gasteiger partial charge on any atom is 0.258 e. The van der Waals surface area contributed by atoms with Crippen LogP contribution in [0, 0.1) is 0 Å². The van der Waals surface area contributed by atoms with Crippen LogP contribution in [0.3, 0.4) is 0 Å². The van der Waals surface area contributed by atoms with E-state index in [-0.39, 0.29) is 38.0 Å². The highest BCUT2D eigenvalue weighted by atomic mass is 16.5. The van der Waals surface area contributed by atoms with Crippen molar-refractivity contribution in [2.24, 2.45) is 0 Å². The highest BCUT2D eigenvalue weighted by Crippen LogP contribution is 2.12. The molecule has 0 aromatic heterocycles. The number of rotatable bonds is 12. The van der Waals surface area contributed by atoms with E-state index in [4.69, 9.17) is 9.84 Å². The molecule has 1 atom stereocenters. The van der Waals surface area contributed by atoms with E-state index in [1.54, 1.807) is 43.3 Å². The molecule has 0 bridgehead atoms. The molecule has 4 N–H and O–H groups in total. The fourth-order valence-electron chi connectivity index (χ4n) is 2.97. The first-order chi connectivity index (χ1) is 15.5. The third-order valence-corrected chi connectivity index (χ3v) is 4.82. The molecule has 3 amide bonds. The second-order valence-electron chi connectivity index (χ2n) is 7.20. The zero-order valence-electron chi connectivity index (χ0n) is 18.5. The van der Waals surface area contributed by atoms with Gasteiger partial charge in [0.15, 0.2) is 6.61 Å². The lowest BCUT2D eigenvalue weighted by molar-refractivity contribution is -0.130. The summed E-state index contributed by atoms with van der Waals surface area (Å²) in [4.78, 5) is 36.9. The second kappa shape index (κ2) is 13.1. The molecular weight excluding hydrogens is 410 g/mol. The Balaban J connectivity index is 1.85. The molecule has 2 rings (SSSR count). The van der Waals surface area contributed by atoms with E-state index in [2.05, 4.69) is 16.0 Å². The molecular formula is C24H31N3O5. The number of benzene rings is 2. The van der Waals surface area contributed by atoms with Gasteiger partial charge in [0.25, 0.3) is 11.8 Å². The van der Waals surface area contributed by atoms with E-state index in [0.717, 1.165) is 17.5 Å². The summed E-state index contributed by atoms with van der Waals surface area (Å²) in [6, 6.07) is 13.3. The predicted octanol–water partition coefficient (Wildman–Crippen LogP) is 1.56. The van der Waals surface area contributed by atoms with Crippen LogP contribution in [0.1, 0.15) is 41.8 Å². The predicted molar refractivity (Wildman–Crippen MR) is 121 cm³/mol. The summed E-state index contributed by atoms with van der Waals surface area (Å²) in [7, 11) is 0. The van der Waals surface area contributed by atoms with Crippen LogP contribution in [0.4, 0.5) is 0 Å². The Kier molecular flexibility index (Phi) is 10.2. The number of nitrogens with one attached hydrogen (secondary N) is 3. The molecule has 172 valence electrons. The average molecular weight is 442 g/mol. The summed E-state index contributed by atoms with van der Waals surface area (Å²) in [5, 5.41) is 17.2. The summed E-state index contributed by atoms with van der Waals surface area (Å²) in [5.74, 6) is -0.528. The Morgan fingerprint density at radius 2 is 1.59 bits per heavy atom. The Bertz CT molecular complexity index is 882. The molecule has 0 fully saturated rings. The molecule has 8 heteroatoms. The molecule has 32 heavy (non-hydrogen) atoms. The third-order valence-electron chi connectivity index (χ3n) is 4.82. The van der Waals surface area contributed by atoms with Gasteiger partial charge < -0.3 is 25.8 Å². The van der Waals surface area contributed by atoms with Gasteiger partial charge in [-0.1, -0.05) is 31.2 Å². The van der Waals surface area contributed by atoms with Crippen molar-refractivity contribution >= 4 is 17.7 Å². The first-order valence-electron chi connectivity index (χ1n) is 10.7. The first-order valence-corrected chi connectivity index (χ1v) is 10.7. The van der Waals surface area contributed by atoms with E-state index in [9.17, 15) is 14.4 Å². The van der Waals surface area contributed by atoms with Gasteiger partial charge in [-0.2, -0.15) is 0 Å². The second-order valence-corrected chi connectivity index (χ2v) is 7.20. The van der Waals surface area contributed by atoms with Crippen molar-refractivity contribution in [3.8, 4) is 5.75 Å². The Labute approximate surface area is 188 Å². The SMILES string of the molecule is CCNC(=O)C(CCNC(=O)c1ccc(CC)cc1)NC(=O)COc1ccc(CO)cc1. The van der Waals surface area contributed by atoms with Crippen molar-refractivity contribution < 1.29 is 24.2 Å². The van der Waals surface area contributed by atoms with Gasteiger partial charge in [0, 0.05) is 18.7 Å². The van der Waals surface area contributed by atoms with E-state index in [1.165, 1.54) is 0 Å². The van der Waals surface area contributed by atoms with Crippen LogP contribution in [-0.4, -0.2) is 48.6 Å². The summed E-state index contributed by atoms with van der Waals surface area (Å²) in [5.41, 5.74) is 2.43. The van der Waals surface area contributed by atoms with Gasteiger partial charge in [0.1, 0.15) is 11.8 Å². The van der Waals surface area contributed by atoms with Crippen LogP contribution in [0.15, 0.2) is 48.5 Å². The van der Waals surface area contributed by atoms with Gasteiger partial charge in [0.05, 0.1) is 6.61 Å². The van der Waals surface area contributed by atoms with Crippen LogP contribution in [0.2, 0.25) is 0 Å². The molecule has 0 heterocycles. The van der Waals surface area contributed by atoms with Gasteiger partial charge >= 0.3 is 0 Å². The van der Waals surface area contributed by atoms with E-state index in [0.29, 0.717) is 17.9 Å². The van der Waals surface area contributed by atoms with Gasteiger partial charge in [-0.05, 0) is 55.2 Å². The molecule has 2 aromatic rings. The topological polar surface area (TPSA) is 117 Å². The number of hydrogen-bond acceptors (Lipinski definition) is 5. The number of amides is 3. The summed E-state index contributed by atoms with van der Waals surface area (Å²) >= 11 is 0. The number of likely N-dealkylation sites (N-methyl/N-ethyl adjacent to an activating group) is 1. The Hall–Kier alpha value is -3.39. The number of aryl methyl sites for hydroxylation is 1. The monoisotopic (exact) mass is 441 g/mol. The number of carbonyl (C=O) groups excluding carboxylic acids is 3. The van der Waals surface area contributed by atoms with Crippen molar-refractivity contribution in [2.75, 3.05) is 19.7 Å². The highest BCUT2D eigenvalue weighted by molar-refractivity contribution is 5.94. The van der Waals surface area contributed by atoms with Gasteiger partial charge in [-0.25, -0.2) is 0 Å². The Morgan fingerprint density at radius 3 is 2.19 bits per heavy atom. The van der Waals surface area contributed by atoms with Crippen LogP contribution < -0.4 is 20.7 Å². The first kappa shape index (κ1) is 24.9. The minimum absolute atomic E-state index is 0.0738. The largest absolute Gasteiger partial charge is 0.484 e. The summed E-state index contributed by atoms with van der Waals surface area (Å²) < 4.78 is 5.43. The van der Waals surface area contributed by atoms with Crippen molar-refractivity contribution in [3.63, 3.8) is 0 Å². The smallest absolute Gasteiger partial charge is 0.258 e. The molecule has 0 saturated carbocycles. The fourth-order valence-corrected chi connectivity index (χ4v) is 2.97. The zero-order valence-corrected chi connectivity index (χ0v) is 18.5. The zero-order chi connectivity index (χ0) is 23.3. The number of hydrogen-bond donors (Lipinski definition) is 4.